The first-order valence-electron chi connectivity index (χ1n) is 6.39. The van der Waals surface area contributed by atoms with E-state index in [1.54, 1.807) is 6.92 Å². The number of hydrogen-bond acceptors (Lipinski definition) is 3. The SMILES string of the molecule is CCN(CCNC(=O)[C@@H](C)N)c1cccc(C)c1.Cl.Cl. The van der Waals surface area contributed by atoms with Gasteiger partial charge in [0.25, 0.3) is 0 Å². The zero-order valence-corrected chi connectivity index (χ0v) is 13.9. The lowest BCUT2D eigenvalue weighted by Crippen LogP contribution is -2.42. The van der Waals surface area contributed by atoms with E-state index in [1.807, 2.05) is 6.07 Å². The number of carbonyl (C=O) groups excluding carboxylic acids is 1. The van der Waals surface area contributed by atoms with Crippen molar-refractivity contribution in [3.05, 3.63) is 29.8 Å². The quantitative estimate of drug-likeness (QED) is 0.843. The molecule has 0 bridgehead atoms. The number of amides is 1. The molecule has 0 unspecified atom stereocenters. The molecule has 0 aromatic heterocycles. The first-order chi connectivity index (χ1) is 8.54. The minimum Gasteiger partial charge on any atom is -0.370 e. The lowest BCUT2D eigenvalue weighted by atomic mass is 10.2. The zero-order chi connectivity index (χ0) is 13.5. The van der Waals surface area contributed by atoms with Crippen LogP contribution >= 0.6 is 24.8 Å². The van der Waals surface area contributed by atoms with Crippen molar-refractivity contribution in [1.29, 1.82) is 0 Å². The van der Waals surface area contributed by atoms with Crippen LogP contribution in [0.4, 0.5) is 5.69 Å². The Balaban J connectivity index is 0. The number of carbonyl (C=O) groups is 1. The number of likely N-dealkylation sites (N-methyl/N-ethyl adjacent to an activating group) is 1. The lowest BCUT2D eigenvalue weighted by molar-refractivity contribution is -0.121. The average molecular weight is 322 g/mol. The Bertz CT molecular complexity index is 400. The van der Waals surface area contributed by atoms with E-state index in [9.17, 15) is 4.79 Å². The molecule has 1 amide bonds. The number of benzene rings is 1. The van der Waals surface area contributed by atoms with Crippen LogP contribution in [-0.2, 0) is 4.79 Å². The summed E-state index contributed by atoms with van der Waals surface area (Å²) in [6.45, 7) is 8.19. The number of halogens is 2. The van der Waals surface area contributed by atoms with Crippen molar-refractivity contribution in [3.63, 3.8) is 0 Å². The van der Waals surface area contributed by atoms with Gasteiger partial charge in [-0.1, -0.05) is 12.1 Å². The first kappa shape index (κ1) is 21.3. The summed E-state index contributed by atoms with van der Waals surface area (Å²) in [5.41, 5.74) is 7.92. The van der Waals surface area contributed by atoms with Crippen LogP contribution in [0.3, 0.4) is 0 Å². The van der Waals surface area contributed by atoms with Crippen molar-refractivity contribution >= 4 is 36.4 Å². The monoisotopic (exact) mass is 321 g/mol. The molecule has 0 fully saturated rings. The molecule has 0 aliphatic carbocycles. The van der Waals surface area contributed by atoms with Crippen molar-refractivity contribution in [2.45, 2.75) is 26.8 Å². The number of nitrogens with two attached hydrogens (primary N) is 1. The topological polar surface area (TPSA) is 58.4 Å². The molecule has 4 nitrogen and oxygen atoms in total. The predicted molar refractivity (Wildman–Crippen MR) is 90.2 cm³/mol. The van der Waals surface area contributed by atoms with Gasteiger partial charge in [-0.2, -0.15) is 0 Å². The summed E-state index contributed by atoms with van der Waals surface area (Å²) in [5, 5.41) is 2.83. The Morgan fingerprint density at radius 1 is 1.40 bits per heavy atom. The zero-order valence-electron chi connectivity index (χ0n) is 12.3. The third-order valence-corrected chi connectivity index (χ3v) is 2.84. The fourth-order valence-corrected chi connectivity index (χ4v) is 1.77. The molecule has 0 radical (unpaired) electrons. The molecule has 116 valence electrons. The second kappa shape index (κ2) is 10.8. The van der Waals surface area contributed by atoms with E-state index < -0.39 is 6.04 Å². The number of nitrogens with one attached hydrogen (secondary N) is 1. The standard InChI is InChI=1S/C14H23N3O.2ClH/c1-4-17(9-8-16-14(18)12(3)15)13-7-5-6-11(2)10-13;;/h5-7,10,12H,4,8-9,15H2,1-3H3,(H,16,18);2*1H/t12-;;/m1../s1. The molecule has 0 saturated carbocycles. The molecule has 1 aromatic rings. The minimum absolute atomic E-state index is 0. The number of aryl methyl sites for hydroxylation is 1. The molecule has 0 aliphatic heterocycles. The summed E-state index contributed by atoms with van der Waals surface area (Å²) < 4.78 is 0. The number of nitrogens with zero attached hydrogens (tertiary/aromatic N) is 1. The Labute approximate surface area is 133 Å². The Kier molecular flexibility index (Phi) is 11.5. The lowest BCUT2D eigenvalue weighted by Gasteiger charge is -2.23. The summed E-state index contributed by atoms with van der Waals surface area (Å²) >= 11 is 0. The second-order valence-electron chi connectivity index (χ2n) is 4.50. The molecule has 3 N–H and O–H groups in total. The Morgan fingerprint density at radius 3 is 2.55 bits per heavy atom. The Morgan fingerprint density at radius 2 is 2.05 bits per heavy atom. The van der Waals surface area contributed by atoms with Crippen LogP contribution in [0.1, 0.15) is 19.4 Å². The molecular weight excluding hydrogens is 297 g/mol. The van der Waals surface area contributed by atoms with Crippen LogP contribution in [0, 0.1) is 6.92 Å². The molecule has 20 heavy (non-hydrogen) atoms. The van der Waals surface area contributed by atoms with E-state index in [4.69, 9.17) is 5.73 Å². The normalized spacial score (nSPS) is 10.8. The first-order valence-corrected chi connectivity index (χ1v) is 6.39. The van der Waals surface area contributed by atoms with Gasteiger partial charge in [-0.3, -0.25) is 4.79 Å². The van der Waals surface area contributed by atoms with E-state index in [2.05, 4.69) is 42.3 Å². The minimum atomic E-state index is -0.445. The van der Waals surface area contributed by atoms with Crippen molar-refractivity contribution < 1.29 is 4.79 Å². The summed E-state index contributed by atoms with van der Waals surface area (Å²) in [7, 11) is 0. The third-order valence-electron chi connectivity index (χ3n) is 2.84. The molecule has 1 rings (SSSR count). The van der Waals surface area contributed by atoms with Crippen LogP contribution in [-0.4, -0.2) is 31.6 Å². The summed E-state index contributed by atoms with van der Waals surface area (Å²) in [6, 6.07) is 7.92. The average Bonchev–Trinajstić information content (AvgIpc) is 2.34. The van der Waals surface area contributed by atoms with Crippen molar-refractivity contribution in [2.24, 2.45) is 5.73 Å². The fraction of sp³-hybridized carbons (Fsp3) is 0.500. The highest BCUT2D eigenvalue weighted by atomic mass is 35.5. The summed E-state index contributed by atoms with van der Waals surface area (Å²) in [6.07, 6.45) is 0. The van der Waals surface area contributed by atoms with Crippen LogP contribution < -0.4 is 16.0 Å². The van der Waals surface area contributed by atoms with Gasteiger partial charge in [0.1, 0.15) is 0 Å². The number of anilines is 1. The van der Waals surface area contributed by atoms with E-state index in [0.717, 1.165) is 13.1 Å². The van der Waals surface area contributed by atoms with Crippen LogP contribution in [0.2, 0.25) is 0 Å². The van der Waals surface area contributed by atoms with Gasteiger partial charge in [0.15, 0.2) is 0 Å². The highest BCUT2D eigenvalue weighted by Crippen LogP contribution is 2.14. The van der Waals surface area contributed by atoms with E-state index >= 15 is 0 Å². The van der Waals surface area contributed by atoms with Gasteiger partial charge in [0, 0.05) is 25.3 Å². The molecular formula is C14H25Cl2N3O. The molecule has 1 atom stereocenters. The van der Waals surface area contributed by atoms with Gasteiger partial charge in [-0.05, 0) is 38.5 Å². The summed E-state index contributed by atoms with van der Waals surface area (Å²) in [4.78, 5) is 13.6. The maximum Gasteiger partial charge on any atom is 0.236 e. The smallest absolute Gasteiger partial charge is 0.236 e. The maximum absolute atomic E-state index is 11.3. The van der Waals surface area contributed by atoms with Crippen LogP contribution in [0.25, 0.3) is 0 Å². The molecule has 0 aliphatic rings. The van der Waals surface area contributed by atoms with E-state index in [1.165, 1.54) is 11.3 Å². The van der Waals surface area contributed by atoms with E-state index in [0.29, 0.717) is 6.54 Å². The molecule has 6 heteroatoms. The molecule has 1 aromatic carbocycles. The predicted octanol–water partition coefficient (Wildman–Crippen LogP) is 2.13. The van der Waals surface area contributed by atoms with Gasteiger partial charge in [0.2, 0.25) is 5.91 Å². The van der Waals surface area contributed by atoms with Crippen molar-refractivity contribution in [2.75, 3.05) is 24.5 Å². The number of rotatable bonds is 6. The Hall–Kier alpha value is -0.970. The molecule has 0 heterocycles. The molecule has 0 saturated heterocycles. The van der Waals surface area contributed by atoms with Crippen molar-refractivity contribution in [1.82, 2.24) is 5.32 Å². The van der Waals surface area contributed by atoms with Gasteiger partial charge in [-0.15, -0.1) is 24.8 Å². The van der Waals surface area contributed by atoms with Crippen LogP contribution in [0.5, 0.6) is 0 Å². The highest BCUT2D eigenvalue weighted by Gasteiger charge is 2.08. The summed E-state index contributed by atoms with van der Waals surface area (Å²) in [5.74, 6) is -0.102. The highest BCUT2D eigenvalue weighted by molar-refractivity contribution is 5.85. The third kappa shape index (κ3) is 6.98. The molecule has 0 spiro atoms. The second-order valence-corrected chi connectivity index (χ2v) is 4.50. The maximum atomic E-state index is 11.3. The fourth-order valence-electron chi connectivity index (χ4n) is 1.77. The van der Waals surface area contributed by atoms with Gasteiger partial charge >= 0.3 is 0 Å². The van der Waals surface area contributed by atoms with E-state index in [-0.39, 0.29) is 30.7 Å². The van der Waals surface area contributed by atoms with Gasteiger partial charge in [-0.25, -0.2) is 0 Å². The van der Waals surface area contributed by atoms with Crippen LogP contribution in [0.15, 0.2) is 24.3 Å². The number of hydrogen-bond donors (Lipinski definition) is 2. The van der Waals surface area contributed by atoms with Crippen molar-refractivity contribution in [3.8, 4) is 0 Å². The largest absolute Gasteiger partial charge is 0.370 e. The van der Waals surface area contributed by atoms with Gasteiger partial charge in [0.05, 0.1) is 6.04 Å². The van der Waals surface area contributed by atoms with Gasteiger partial charge < -0.3 is 16.0 Å².